The van der Waals surface area contributed by atoms with E-state index in [1.807, 2.05) is 0 Å². The van der Waals surface area contributed by atoms with E-state index in [4.69, 9.17) is 21.1 Å². The topological polar surface area (TPSA) is 78.4 Å². The molecule has 0 aliphatic rings. The van der Waals surface area contributed by atoms with Gasteiger partial charge < -0.3 is 9.47 Å². The van der Waals surface area contributed by atoms with Gasteiger partial charge in [0, 0.05) is 11.4 Å². The van der Waals surface area contributed by atoms with Gasteiger partial charge >= 0.3 is 12.1 Å². The molecule has 0 atom stereocenters. The standard InChI is InChI=1S/C19H16ClF3N2O4/c1-10-17(19(21,22)23)25-15(8-24-10)16(26)7-11-6-12(20)4-5-13(11)14(9-28-2)18(27)29-3/h4-6,8-9H,7H2,1-3H3. The zero-order valence-corrected chi connectivity index (χ0v) is 16.4. The Hall–Kier alpha value is -2.94. The van der Waals surface area contributed by atoms with Gasteiger partial charge in [-0.25, -0.2) is 9.78 Å². The Bertz CT molecular complexity index is 974. The maximum atomic E-state index is 13.1. The number of hydrogen-bond acceptors (Lipinski definition) is 6. The smallest absolute Gasteiger partial charge is 0.435 e. The summed E-state index contributed by atoms with van der Waals surface area (Å²) < 4.78 is 48.8. The second-order valence-corrected chi connectivity index (χ2v) is 6.28. The Morgan fingerprint density at radius 1 is 1.24 bits per heavy atom. The molecule has 1 heterocycles. The molecule has 0 N–H and O–H groups in total. The predicted molar refractivity (Wildman–Crippen MR) is 98.3 cm³/mol. The number of aryl methyl sites for hydroxylation is 1. The van der Waals surface area contributed by atoms with Crippen LogP contribution in [0, 0.1) is 6.92 Å². The number of esters is 1. The van der Waals surface area contributed by atoms with E-state index < -0.39 is 29.3 Å². The summed E-state index contributed by atoms with van der Waals surface area (Å²) in [6.07, 6.45) is -3.00. The van der Waals surface area contributed by atoms with Crippen LogP contribution in [0.1, 0.15) is 33.0 Å². The minimum absolute atomic E-state index is 0.0143. The van der Waals surface area contributed by atoms with Crippen molar-refractivity contribution in [1.29, 1.82) is 0 Å². The molecule has 0 aliphatic heterocycles. The largest absolute Gasteiger partial charge is 0.503 e. The summed E-state index contributed by atoms with van der Waals surface area (Å²) in [5.41, 5.74) is -1.44. The number of methoxy groups -OCH3 is 2. The molecule has 0 aliphatic carbocycles. The van der Waals surface area contributed by atoms with E-state index in [9.17, 15) is 22.8 Å². The number of benzene rings is 1. The van der Waals surface area contributed by atoms with Gasteiger partial charge in [-0.2, -0.15) is 13.2 Å². The predicted octanol–water partition coefficient (Wildman–Crippen LogP) is 4.04. The first-order chi connectivity index (χ1) is 13.6. The summed E-state index contributed by atoms with van der Waals surface area (Å²) in [4.78, 5) is 31.7. The van der Waals surface area contributed by atoms with Gasteiger partial charge in [0.1, 0.15) is 11.3 Å². The molecular formula is C19H16ClF3N2O4. The molecule has 0 fully saturated rings. The van der Waals surface area contributed by atoms with Crippen molar-refractivity contribution in [2.24, 2.45) is 0 Å². The third-order valence-electron chi connectivity index (χ3n) is 3.86. The summed E-state index contributed by atoms with van der Waals surface area (Å²) >= 11 is 5.99. The monoisotopic (exact) mass is 428 g/mol. The zero-order chi connectivity index (χ0) is 21.8. The number of ketones is 1. The number of ether oxygens (including phenoxy) is 2. The number of rotatable bonds is 6. The van der Waals surface area contributed by atoms with E-state index in [-0.39, 0.29) is 33.8 Å². The highest BCUT2D eigenvalue weighted by Crippen LogP contribution is 2.30. The molecule has 154 valence electrons. The highest BCUT2D eigenvalue weighted by molar-refractivity contribution is 6.31. The molecule has 1 aromatic heterocycles. The Kier molecular flexibility index (Phi) is 6.97. The molecule has 2 aromatic rings. The number of carbonyl (C=O) groups is 2. The lowest BCUT2D eigenvalue weighted by atomic mass is 9.96. The number of aromatic nitrogens is 2. The van der Waals surface area contributed by atoms with Crippen LogP contribution in [-0.2, 0) is 26.9 Å². The SMILES string of the molecule is COC=C(C(=O)OC)c1ccc(Cl)cc1CC(=O)c1cnc(C)c(C(F)(F)F)n1. The average molecular weight is 429 g/mol. The molecule has 29 heavy (non-hydrogen) atoms. The first-order valence-electron chi connectivity index (χ1n) is 8.12. The summed E-state index contributed by atoms with van der Waals surface area (Å²) in [7, 11) is 2.50. The van der Waals surface area contributed by atoms with Gasteiger partial charge in [-0.15, -0.1) is 0 Å². The fraction of sp³-hybridized carbons (Fsp3) is 0.263. The quantitative estimate of drug-likeness (QED) is 0.299. The van der Waals surface area contributed by atoms with Crippen LogP contribution in [0.3, 0.4) is 0 Å². The number of alkyl halides is 3. The Labute approximate surface area is 169 Å². The second kappa shape index (κ2) is 9.04. The van der Waals surface area contributed by atoms with Crippen molar-refractivity contribution in [3.8, 4) is 0 Å². The third kappa shape index (κ3) is 5.32. The minimum Gasteiger partial charge on any atom is -0.503 e. The second-order valence-electron chi connectivity index (χ2n) is 5.85. The van der Waals surface area contributed by atoms with Crippen LogP contribution < -0.4 is 0 Å². The molecule has 0 saturated heterocycles. The fourth-order valence-electron chi connectivity index (χ4n) is 2.54. The van der Waals surface area contributed by atoms with E-state index in [1.165, 1.54) is 32.4 Å². The van der Waals surface area contributed by atoms with Gasteiger partial charge in [0.15, 0.2) is 11.5 Å². The van der Waals surface area contributed by atoms with Crippen LogP contribution in [0.5, 0.6) is 0 Å². The highest BCUT2D eigenvalue weighted by atomic mass is 35.5. The number of Topliss-reactive ketones (excluding diaryl/α,β-unsaturated/α-hetero) is 1. The first-order valence-corrected chi connectivity index (χ1v) is 8.50. The van der Waals surface area contributed by atoms with Crippen molar-refractivity contribution in [3.05, 3.63) is 63.9 Å². The Morgan fingerprint density at radius 2 is 1.93 bits per heavy atom. The van der Waals surface area contributed by atoms with Gasteiger partial charge in [0.2, 0.25) is 0 Å². The fourth-order valence-corrected chi connectivity index (χ4v) is 2.73. The number of nitrogens with zero attached hydrogens (tertiary/aromatic N) is 2. The Balaban J connectivity index is 2.47. The van der Waals surface area contributed by atoms with E-state index in [0.717, 1.165) is 19.4 Å². The Morgan fingerprint density at radius 3 is 2.52 bits per heavy atom. The van der Waals surface area contributed by atoms with E-state index in [2.05, 4.69) is 9.97 Å². The van der Waals surface area contributed by atoms with Crippen LogP contribution in [0.4, 0.5) is 13.2 Å². The van der Waals surface area contributed by atoms with Gasteiger partial charge in [0.25, 0.3) is 0 Å². The van der Waals surface area contributed by atoms with Crippen LogP contribution >= 0.6 is 11.6 Å². The van der Waals surface area contributed by atoms with Crippen molar-refractivity contribution in [3.63, 3.8) is 0 Å². The van der Waals surface area contributed by atoms with Gasteiger partial charge in [0.05, 0.1) is 32.4 Å². The minimum atomic E-state index is -4.74. The molecule has 6 nitrogen and oxygen atoms in total. The molecule has 0 radical (unpaired) electrons. The van der Waals surface area contributed by atoms with Crippen molar-refractivity contribution in [2.75, 3.05) is 14.2 Å². The van der Waals surface area contributed by atoms with Crippen molar-refractivity contribution in [2.45, 2.75) is 19.5 Å². The summed E-state index contributed by atoms with van der Waals surface area (Å²) in [6.45, 7) is 1.15. The van der Waals surface area contributed by atoms with Crippen LogP contribution in [-0.4, -0.2) is 35.9 Å². The van der Waals surface area contributed by atoms with E-state index in [0.29, 0.717) is 0 Å². The van der Waals surface area contributed by atoms with Crippen molar-refractivity contribution < 1.29 is 32.2 Å². The molecule has 2 rings (SSSR count). The molecule has 1 aromatic carbocycles. The molecule has 0 saturated carbocycles. The van der Waals surface area contributed by atoms with E-state index >= 15 is 0 Å². The highest BCUT2D eigenvalue weighted by Gasteiger charge is 2.36. The number of halogens is 4. The molecule has 0 spiro atoms. The molecular weight excluding hydrogens is 413 g/mol. The van der Waals surface area contributed by atoms with Crippen molar-refractivity contribution >= 4 is 28.9 Å². The lowest BCUT2D eigenvalue weighted by molar-refractivity contribution is -0.142. The van der Waals surface area contributed by atoms with Crippen LogP contribution in [0.2, 0.25) is 5.02 Å². The van der Waals surface area contributed by atoms with Gasteiger partial charge in [-0.1, -0.05) is 17.7 Å². The van der Waals surface area contributed by atoms with E-state index in [1.54, 1.807) is 0 Å². The molecule has 0 unspecified atom stereocenters. The summed E-state index contributed by atoms with van der Waals surface area (Å²) in [6, 6.07) is 4.40. The number of hydrogen-bond donors (Lipinski definition) is 0. The van der Waals surface area contributed by atoms with Crippen LogP contribution in [0.15, 0.2) is 30.7 Å². The molecule has 0 amide bonds. The lowest BCUT2D eigenvalue weighted by Gasteiger charge is -2.13. The van der Waals surface area contributed by atoms with Crippen LogP contribution in [0.25, 0.3) is 5.57 Å². The first kappa shape index (κ1) is 22.4. The van der Waals surface area contributed by atoms with Crippen molar-refractivity contribution in [1.82, 2.24) is 9.97 Å². The third-order valence-corrected chi connectivity index (χ3v) is 4.09. The van der Waals surface area contributed by atoms with Gasteiger partial charge in [-0.3, -0.25) is 9.78 Å². The maximum absolute atomic E-state index is 13.1. The maximum Gasteiger partial charge on any atom is 0.435 e. The van der Waals surface area contributed by atoms with Gasteiger partial charge in [-0.05, 0) is 30.2 Å². The normalized spacial score (nSPS) is 11.9. The summed E-state index contributed by atoms with van der Waals surface area (Å²) in [5.74, 6) is -1.45. The summed E-state index contributed by atoms with van der Waals surface area (Å²) in [5, 5.41) is 0.268. The number of carbonyl (C=O) groups excluding carboxylic acids is 2. The zero-order valence-electron chi connectivity index (χ0n) is 15.6. The molecule has 10 heteroatoms. The molecule has 0 bridgehead atoms. The lowest BCUT2D eigenvalue weighted by Crippen LogP contribution is -2.17. The average Bonchev–Trinajstić information content (AvgIpc) is 2.65.